The van der Waals surface area contributed by atoms with Crippen LogP contribution in [0.3, 0.4) is 0 Å². The van der Waals surface area contributed by atoms with E-state index < -0.39 is 0 Å². The minimum absolute atomic E-state index is 0.428. The summed E-state index contributed by atoms with van der Waals surface area (Å²) in [7, 11) is 1.52. The Kier molecular flexibility index (Phi) is 6.01. The maximum Gasteiger partial charge on any atom is 0.122 e. The summed E-state index contributed by atoms with van der Waals surface area (Å²) in [5.41, 5.74) is 2.40. The number of benzene rings is 2. The number of oxime groups is 1. The van der Waals surface area contributed by atoms with Crippen LogP contribution in [0.15, 0.2) is 53.7 Å². The zero-order valence-corrected chi connectivity index (χ0v) is 13.2. The van der Waals surface area contributed by atoms with Crippen molar-refractivity contribution < 1.29 is 14.3 Å². The molecule has 0 spiro atoms. The number of nitriles is 1. The molecular weight excluding hydrogens is 292 g/mol. The molecule has 2 aromatic rings. The van der Waals surface area contributed by atoms with E-state index in [4.69, 9.17) is 19.6 Å². The van der Waals surface area contributed by atoms with Crippen molar-refractivity contribution in [2.45, 2.75) is 6.92 Å². The number of hydrogen-bond donors (Lipinski definition) is 0. The van der Waals surface area contributed by atoms with Crippen molar-refractivity contribution in [2.24, 2.45) is 5.16 Å². The molecule has 0 saturated carbocycles. The van der Waals surface area contributed by atoms with Crippen LogP contribution in [-0.2, 0) is 4.84 Å². The van der Waals surface area contributed by atoms with Crippen molar-refractivity contribution in [3.8, 4) is 17.6 Å². The molecule has 5 heteroatoms. The summed E-state index contributed by atoms with van der Waals surface area (Å²) in [6.45, 7) is 2.74. The van der Waals surface area contributed by atoms with Gasteiger partial charge in [-0.2, -0.15) is 5.26 Å². The first-order valence-electron chi connectivity index (χ1n) is 7.17. The van der Waals surface area contributed by atoms with Crippen LogP contribution in [-0.4, -0.2) is 26.0 Å². The molecule has 2 aromatic carbocycles. The molecule has 23 heavy (non-hydrogen) atoms. The Labute approximate surface area is 135 Å². The van der Waals surface area contributed by atoms with E-state index >= 15 is 0 Å². The fourth-order valence-corrected chi connectivity index (χ4v) is 1.93. The highest BCUT2D eigenvalue weighted by molar-refractivity contribution is 5.98. The normalized spacial score (nSPS) is 10.7. The van der Waals surface area contributed by atoms with Crippen LogP contribution in [0, 0.1) is 11.3 Å². The van der Waals surface area contributed by atoms with Crippen LogP contribution in [0.1, 0.15) is 18.1 Å². The molecule has 5 nitrogen and oxygen atoms in total. The lowest BCUT2D eigenvalue weighted by Crippen LogP contribution is -2.09. The molecule has 0 aliphatic heterocycles. The van der Waals surface area contributed by atoms with Gasteiger partial charge in [-0.05, 0) is 61.0 Å². The number of hydrogen-bond acceptors (Lipinski definition) is 5. The van der Waals surface area contributed by atoms with Gasteiger partial charge in [-0.15, -0.1) is 0 Å². The SMILES string of the molecule is CON=C(C)c1ccc(OCCOc2ccc(C#N)cc2)cc1. The van der Waals surface area contributed by atoms with Crippen LogP contribution in [0.2, 0.25) is 0 Å². The lowest BCUT2D eigenvalue weighted by Gasteiger charge is -2.09. The summed E-state index contributed by atoms with van der Waals surface area (Å²) in [4.78, 5) is 4.75. The van der Waals surface area contributed by atoms with Crippen molar-refractivity contribution in [3.05, 3.63) is 59.7 Å². The van der Waals surface area contributed by atoms with Crippen LogP contribution >= 0.6 is 0 Å². The minimum atomic E-state index is 0.428. The Morgan fingerprint density at radius 3 is 1.96 bits per heavy atom. The van der Waals surface area contributed by atoms with E-state index in [-0.39, 0.29) is 0 Å². The van der Waals surface area contributed by atoms with E-state index in [0.717, 1.165) is 17.0 Å². The first-order chi connectivity index (χ1) is 11.2. The summed E-state index contributed by atoms with van der Waals surface area (Å²) >= 11 is 0. The maximum atomic E-state index is 8.73. The lowest BCUT2D eigenvalue weighted by molar-refractivity contribution is 0.213. The first kappa shape index (κ1) is 16.4. The Bertz CT molecular complexity index is 686. The summed E-state index contributed by atoms with van der Waals surface area (Å²) in [6.07, 6.45) is 0. The molecule has 0 aromatic heterocycles. The topological polar surface area (TPSA) is 63.8 Å². The standard InChI is InChI=1S/C18H18N2O3/c1-14(20-21-2)16-5-9-18(10-6-16)23-12-11-22-17-7-3-15(13-19)4-8-17/h3-10H,11-12H2,1-2H3. The van der Waals surface area contributed by atoms with Crippen LogP contribution < -0.4 is 9.47 Å². The molecule has 0 unspecified atom stereocenters. The van der Waals surface area contributed by atoms with Crippen LogP contribution in [0.5, 0.6) is 11.5 Å². The molecule has 0 fully saturated rings. The van der Waals surface area contributed by atoms with E-state index in [1.54, 1.807) is 24.3 Å². The predicted molar refractivity (Wildman–Crippen MR) is 87.8 cm³/mol. The van der Waals surface area contributed by atoms with Gasteiger partial charge in [0.2, 0.25) is 0 Å². The first-order valence-corrected chi connectivity index (χ1v) is 7.17. The van der Waals surface area contributed by atoms with Gasteiger partial charge < -0.3 is 14.3 Å². The van der Waals surface area contributed by atoms with Crippen molar-refractivity contribution in [2.75, 3.05) is 20.3 Å². The van der Waals surface area contributed by atoms with Crippen molar-refractivity contribution in [1.82, 2.24) is 0 Å². The van der Waals surface area contributed by atoms with E-state index in [1.165, 1.54) is 7.11 Å². The Morgan fingerprint density at radius 2 is 1.48 bits per heavy atom. The van der Waals surface area contributed by atoms with E-state index in [9.17, 15) is 0 Å². The van der Waals surface area contributed by atoms with Gasteiger partial charge in [-0.3, -0.25) is 0 Å². The Morgan fingerprint density at radius 1 is 0.957 bits per heavy atom. The average Bonchev–Trinajstić information content (AvgIpc) is 2.60. The quantitative estimate of drug-likeness (QED) is 0.447. The molecule has 118 valence electrons. The van der Waals surface area contributed by atoms with Gasteiger partial charge in [0.25, 0.3) is 0 Å². The summed E-state index contributed by atoms with van der Waals surface area (Å²) in [5, 5.41) is 12.6. The second kappa shape index (κ2) is 8.44. The second-order valence-corrected chi connectivity index (χ2v) is 4.72. The third-order valence-electron chi connectivity index (χ3n) is 3.10. The molecule has 0 atom stereocenters. The molecule has 0 heterocycles. The van der Waals surface area contributed by atoms with Crippen LogP contribution in [0.4, 0.5) is 0 Å². The zero-order valence-electron chi connectivity index (χ0n) is 13.2. The zero-order chi connectivity index (χ0) is 16.5. The molecule has 2 rings (SSSR count). The smallest absolute Gasteiger partial charge is 0.122 e. The average molecular weight is 310 g/mol. The van der Waals surface area contributed by atoms with Gasteiger partial charge in [-0.25, -0.2) is 0 Å². The fourth-order valence-electron chi connectivity index (χ4n) is 1.93. The fraction of sp³-hybridized carbons (Fsp3) is 0.222. The van der Waals surface area contributed by atoms with Gasteiger partial charge in [0.05, 0.1) is 17.3 Å². The molecule has 0 amide bonds. The molecule has 0 radical (unpaired) electrons. The third kappa shape index (κ3) is 5.04. The van der Waals surface area contributed by atoms with Gasteiger partial charge in [-0.1, -0.05) is 5.16 Å². The Hall–Kier alpha value is -3.00. The lowest BCUT2D eigenvalue weighted by atomic mass is 10.1. The van der Waals surface area contributed by atoms with E-state index in [1.807, 2.05) is 31.2 Å². The van der Waals surface area contributed by atoms with Gasteiger partial charge in [0, 0.05) is 0 Å². The summed E-state index contributed by atoms with van der Waals surface area (Å²) < 4.78 is 11.2. The number of ether oxygens (including phenoxy) is 2. The van der Waals surface area contributed by atoms with Crippen molar-refractivity contribution >= 4 is 5.71 Å². The van der Waals surface area contributed by atoms with Gasteiger partial charge in [0.15, 0.2) is 0 Å². The number of nitrogens with zero attached hydrogens (tertiary/aromatic N) is 2. The molecule has 0 N–H and O–H groups in total. The predicted octanol–water partition coefficient (Wildman–Crippen LogP) is 3.39. The monoisotopic (exact) mass is 310 g/mol. The van der Waals surface area contributed by atoms with Crippen molar-refractivity contribution in [3.63, 3.8) is 0 Å². The minimum Gasteiger partial charge on any atom is -0.490 e. The van der Waals surface area contributed by atoms with Gasteiger partial charge >= 0.3 is 0 Å². The molecule has 0 aliphatic carbocycles. The molecule has 0 saturated heterocycles. The van der Waals surface area contributed by atoms with Gasteiger partial charge in [0.1, 0.15) is 31.8 Å². The third-order valence-corrected chi connectivity index (χ3v) is 3.10. The van der Waals surface area contributed by atoms with Crippen LogP contribution in [0.25, 0.3) is 0 Å². The number of rotatable bonds is 7. The summed E-state index contributed by atoms with van der Waals surface area (Å²) in [6, 6.07) is 16.7. The second-order valence-electron chi connectivity index (χ2n) is 4.72. The maximum absolute atomic E-state index is 8.73. The molecule has 0 aliphatic rings. The highest BCUT2D eigenvalue weighted by atomic mass is 16.6. The molecular formula is C18H18N2O3. The Balaban J connectivity index is 1.77. The molecule has 0 bridgehead atoms. The largest absolute Gasteiger partial charge is 0.490 e. The summed E-state index contributed by atoms with van der Waals surface area (Å²) in [5.74, 6) is 1.48. The highest BCUT2D eigenvalue weighted by Gasteiger charge is 2.00. The van der Waals surface area contributed by atoms with Crippen molar-refractivity contribution in [1.29, 1.82) is 5.26 Å². The van der Waals surface area contributed by atoms with E-state index in [0.29, 0.717) is 24.5 Å². The highest BCUT2D eigenvalue weighted by Crippen LogP contribution is 2.14. The van der Waals surface area contributed by atoms with E-state index in [2.05, 4.69) is 11.2 Å².